The van der Waals surface area contributed by atoms with E-state index in [0.29, 0.717) is 16.6 Å². The molecule has 0 bridgehead atoms. The summed E-state index contributed by atoms with van der Waals surface area (Å²) >= 11 is 11.9. The fraction of sp³-hybridized carbons (Fsp3) is 0.462. The Morgan fingerprint density at radius 2 is 2.06 bits per heavy atom. The van der Waals surface area contributed by atoms with Crippen molar-refractivity contribution in [3.63, 3.8) is 0 Å². The van der Waals surface area contributed by atoms with Gasteiger partial charge in [-0.3, -0.25) is 4.79 Å². The largest absolute Gasteiger partial charge is 0.468 e. The quantitative estimate of drug-likeness (QED) is 0.846. The van der Waals surface area contributed by atoms with Crippen molar-refractivity contribution in [2.75, 3.05) is 7.11 Å². The van der Waals surface area contributed by atoms with Crippen molar-refractivity contribution < 1.29 is 9.53 Å². The van der Waals surface area contributed by atoms with Gasteiger partial charge in [-0.15, -0.1) is 0 Å². The molecule has 1 rings (SSSR count). The van der Waals surface area contributed by atoms with Gasteiger partial charge in [-0.2, -0.15) is 0 Å². The third kappa shape index (κ3) is 4.16. The maximum atomic E-state index is 11.6. The lowest BCUT2D eigenvalue weighted by molar-refractivity contribution is -0.144. The van der Waals surface area contributed by atoms with Crippen LogP contribution in [0.1, 0.15) is 19.4 Å². The van der Waals surface area contributed by atoms with Gasteiger partial charge >= 0.3 is 5.97 Å². The SMILES string of the molecule is COC(=O)[C@@H](NCc1ccc(Cl)cc1Cl)C(C)C. The van der Waals surface area contributed by atoms with E-state index in [9.17, 15) is 4.79 Å². The first-order valence-electron chi connectivity index (χ1n) is 5.70. The van der Waals surface area contributed by atoms with Crippen molar-refractivity contribution >= 4 is 29.2 Å². The minimum Gasteiger partial charge on any atom is -0.468 e. The van der Waals surface area contributed by atoms with E-state index in [-0.39, 0.29) is 17.9 Å². The summed E-state index contributed by atoms with van der Waals surface area (Å²) in [5.41, 5.74) is 0.899. The number of carbonyl (C=O) groups is 1. The van der Waals surface area contributed by atoms with Crippen LogP contribution in [0.3, 0.4) is 0 Å². The summed E-state index contributed by atoms with van der Waals surface area (Å²) in [6.07, 6.45) is 0. The molecule has 1 aromatic rings. The number of hydrogen-bond donors (Lipinski definition) is 1. The zero-order valence-electron chi connectivity index (χ0n) is 10.7. The Bertz CT molecular complexity index is 421. The first-order chi connectivity index (χ1) is 8.45. The number of ether oxygens (including phenoxy) is 1. The zero-order valence-corrected chi connectivity index (χ0v) is 12.2. The number of nitrogens with one attached hydrogen (secondary N) is 1. The van der Waals surface area contributed by atoms with Crippen LogP contribution in [-0.4, -0.2) is 19.1 Å². The van der Waals surface area contributed by atoms with Gasteiger partial charge in [0.05, 0.1) is 7.11 Å². The number of carbonyl (C=O) groups excluding carboxylic acids is 1. The Morgan fingerprint density at radius 3 is 2.56 bits per heavy atom. The zero-order chi connectivity index (χ0) is 13.7. The Morgan fingerprint density at radius 1 is 1.39 bits per heavy atom. The number of esters is 1. The van der Waals surface area contributed by atoms with Crippen LogP contribution in [-0.2, 0) is 16.1 Å². The van der Waals surface area contributed by atoms with Crippen LogP contribution in [0, 0.1) is 5.92 Å². The van der Waals surface area contributed by atoms with E-state index in [1.165, 1.54) is 7.11 Å². The van der Waals surface area contributed by atoms with Crippen molar-refractivity contribution in [3.8, 4) is 0 Å². The van der Waals surface area contributed by atoms with Crippen LogP contribution in [0.15, 0.2) is 18.2 Å². The number of benzene rings is 1. The molecule has 100 valence electrons. The van der Waals surface area contributed by atoms with E-state index in [4.69, 9.17) is 27.9 Å². The molecule has 1 N–H and O–H groups in total. The van der Waals surface area contributed by atoms with Crippen LogP contribution in [0.25, 0.3) is 0 Å². The highest BCUT2D eigenvalue weighted by atomic mass is 35.5. The minimum atomic E-state index is -0.346. The molecular formula is C13H17Cl2NO2. The standard InChI is InChI=1S/C13H17Cl2NO2/c1-8(2)12(13(17)18-3)16-7-9-4-5-10(14)6-11(9)15/h4-6,8,12,16H,7H2,1-3H3/t12-/m0/s1. The molecule has 3 nitrogen and oxygen atoms in total. The first kappa shape index (κ1) is 15.3. The average molecular weight is 290 g/mol. The number of halogens is 2. The molecule has 0 aromatic heterocycles. The van der Waals surface area contributed by atoms with Crippen molar-refractivity contribution in [2.45, 2.75) is 26.4 Å². The molecule has 0 aliphatic carbocycles. The lowest BCUT2D eigenvalue weighted by atomic mass is 10.0. The van der Waals surface area contributed by atoms with Crippen LogP contribution >= 0.6 is 23.2 Å². The van der Waals surface area contributed by atoms with Gasteiger partial charge in [0.25, 0.3) is 0 Å². The van der Waals surface area contributed by atoms with Crippen molar-refractivity contribution in [1.29, 1.82) is 0 Å². The summed E-state index contributed by atoms with van der Waals surface area (Å²) in [4.78, 5) is 11.6. The molecule has 0 unspecified atom stereocenters. The van der Waals surface area contributed by atoms with Gasteiger partial charge in [0, 0.05) is 16.6 Å². The van der Waals surface area contributed by atoms with Crippen molar-refractivity contribution in [3.05, 3.63) is 33.8 Å². The van der Waals surface area contributed by atoms with E-state index in [1.807, 2.05) is 19.9 Å². The molecule has 0 aliphatic heterocycles. The lowest BCUT2D eigenvalue weighted by Crippen LogP contribution is -2.41. The van der Waals surface area contributed by atoms with Crippen molar-refractivity contribution in [2.24, 2.45) is 5.92 Å². The molecule has 0 spiro atoms. The van der Waals surface area contributed by atoms with E-state index in [1.54, 1.807) is 12.1 Å². The molecule has 18 heavy (non-hydrogen) atoms. The highest BCUT2D eigenvalue weighted by Gasteiger charge is 2.22. The van der Waals surface area contributed by atoms with Crippen molar-refractivity contribution in [1.82, 2.24) is 5.32 Å². The summed E-state index contributed by atoms with van der Waals surface area (Å²) in [6, 6.07) is 4.95. The summed E-state index contributed by atoms with van der Waals surface area (Å²) in [7, 11) is 1.38. The predicted octanol–water partition coefficient (Wildman–Crippen LogP) is 3.28. The second-order valence-electron chi connectivity index (χ2n) is 4.36. The van der Waals surface area contributed by atoms with E-state index in [2.05, 4.69) is 5.32 Å². The van der Waals surface area contributed by atoms with Crippen LogP contribution in [0.5, 0.6) is 0 Å². The Labute approximate surface area is 117 Å². The molecule has 0 radical (unpaired) electrons. The normalized spacial score (nSPS) is 12.6. The Balaban J connectivity index is 2.70. The van der Waals surface area contributed by atoms with E-state index in [0.717, 1.165) is 5.56 Å². The molecule has 0 saturated carbocycles. The predicted molar refractivity (Wildman–Crippen MR) is 73.9 cm³/mol. The highest BCUT2D eigenvalue weighted by Crippen LogP contribution is 2.21. The van der Waals surface area contributed by atoms with Gasteiger partial charge < -0.3 is 10.1 Å². The summed E-state index contributed by atoms with van der Waals surface area (Å²) < 4.78 is 4.76. The van der Waals surface area contributed by atoms with Crippen LogP contribution in [0.2, 0.25) is 10.0 Å². The third-order valence-corrected chi connectivity index (χ3v) is 3.24. The van der Waals surface area contributed by atoms with Gasteiger partial charge in [0.2, 0.25) is 0 Å². The molecule has 1 aromatic carbocycles. The average Bonchev–Trinajstić information content (AvgIpc) is 2.31. The molecule has 5 heteroatoms. The summed E-state index contributed by atoms with van der Waals surface area (Å²) in [5, 5.41) is 4.32. The lowest BCUT2D eigenvalue weighted by Gasteiger charge is -2.20. The van der Waals surface area contributed by atoms with Gasteiger partial charge in [-0.05, 0) is 23.6 Å². The molecule has 0 aliphatic rings. The Kier molecular flexibility index (Phi) is 5.93. The molecule has 0 saturated heterocycles. The first-order valence-corrected chi connectivity index (χ1v) is 6.46. The van der Waals surface area contributed by atoms with Crippen LogP contribution < -0.4 is 5.32 Å². The molecule has 0 heterocycles. The second kappa shape index (κ2) is 6.98. The molecule has 1 atom stereocenters. The number of rotatable bonds is 5. The fourth-order valence-electron chi connectivity index (χ4n) is 1.60. The van der Waals surface area contributed by atoms with Gasteiger partial charge in [0.15, 0.2) is 0 Å². The maximum absolute atomic E-state index is 11.6. The molecular weight excluding hydrogens is 273 g/mol. The fourth-order valence-corrected chi connectivity index (χ4v) is 2.08. The Hall–Kier alpha value is -0.770. The van der Waals surface area contributed by atoms with Gasteiger partial charge in [-0.1, -0.05) is 43.1 Å². The third-order valence-electron chi connectivity index (χ3n) is 2.65. The van der Waals surface area contributed by atoms with Crippen LogP contribution in [0.4, 0.5) is 0 Å². The van der Waals surface area contributed by atoms with Gasteiger partial charge in [0.1, 0.15) is 6.04 Å². The summed E-state index contributed by atoms with van der Waals surface area (Å²) in [6.45, 7) is 4.41. The maximum Gasteiger partial charge on any atom is 0.323 e. The highest BCUT2D eigenvalue weighted by molar-refractivity contribution is 6.35. The number of hydrogen-bond acceptors (Lipinski definition) is 3. The number of methoxy groups -OCH3 is 1. The summed E-state index contributed by atoms with van der Waals surface area (Å²) in [5.74, 6) is -0.126. The smallest absolute Gasteiger partial charge is 0.323 e. The van der Waals surface area contributed by atoms with E-state index >= 15 is 0 Å². The topological polar surface area (TPSA) is 38.3 Å². The van der Waals surface area contributed by atoms with E-state index < -0.39 is 0 Å². The minimum absolute atomic E-state index is 0.142. The second-order valence-corrected chi connectivity index (χ2v) is 5.21. The monoisotopic (exact) mass is 289 g/mol. The molecule has 0 amide bonds. The van der Waals surface area contributed by atoms with Gasteiger partial charge in [-0.25, -0.2) is 0 Å². The molecule has 0 fully saturated rings.